The van der Waals surface area contributed by atoms with E-state index < -0.39 is 17.1 Å². The minimum Gasteiger partial charge on any atom is -0.475 e. The third-order valence-corrected chi connectivity index (χ3v) is 5.90. The zero-order valence-corrected chi connectivity index (χ0v) is 22.2. The second-order valence-electron chi connectivity index (χ2n) is 11.1. The number of ether oxygens (including phenoxy) is 2. The van der Waals surface area contributed by atoms with E-state index in [0.29, 0.717) is 18.0 Å². The smallest absolute Gasteiger partial charge is 0.435 e. The average molecular weight is 482 g/mol. The normalized spacial score (nSPS) is 14.2. The molecule has 1 aliphatic rings. The van der Waals surface area contributed by atoms with Crippen LogP contribution in [0.5, 0.6) is 5.88 Å². The molecule has 0 unspecified atom stereocenters. The number of aryl methyl sites for hydroxylation is 2. The van der Waals surface area contributed by atoms with E-state index >= 15 is 0 Å². The predicted octanol–water partition coefficient (Wildman–Crippen LogP) is 5.71. The monoisotopic (exact) mass is 481 g/mol. The first kappa shape index (κ1) is 26.5. The van der Waals surface area contributed by atoms with Gasteiger partial charge in [-0.3, -0.25) is 4.79 Å². The molecule has 1 amide bonds. The van der Waals surface area contributed by atoms with Gasteiger partial charge in [0.1, 0.15) is 12.2 Å². The molecular weight excluding hydrogens is 442 g/mol. The first-order valence-corrected chi connectivity index (χ1v) is 12.3. The highest BCUT2D eigenvalue weighted by Crippen LogP contribution is 2.34. The maximum absolute atomic E-state index is 13.2. The van der Waals surface area contributed by atoms with Crippen molar-refractivity contribution in [2.24, 2.45) is 5.41 Å². The first-order chi connectivity index (χ1) is 16.3. The van der Waals surface area contributed by atoms with Gasteiger partial charge in [-0.1, -0.05) is 23.3 Å². The van der Waals surface area contributed by atoms with Crippen LogP contribution in [-0.2, 0) is 16.0 Å². The lowest BCUT2D eigenvalue weighted by Gasteiger charge is -2.28. The highest BCUT2D eigenvalue weighted by molar-refractivity contribution is 5.83. The summed E-state index contributed by atoms with van der Waals surface area (Å²) in [5.41, 5.74) is 2.92. The molecule has 3 rings (SSSR count). The summed E-state index contributed by atoms with van der Waals surface area (Å²) in [6.07, 6.45) is 3.69. The summed E-state index contributed by atoms with van der Waals surface area (Å²) in [7, 11) is 0. The number of hydrogen-bond donors (Lipinski definition) is 0. The number of allylic oxidation sites excluding steroid dienone is 1. The molecule has 0 atom stereocenters. The van der Waals surface area contributed by atoms with Crippen LogP contribution in [0.15, 0.2) is 30.9 Å². The quantitative estimate of drug-likeness (QED) is 0.474. The van der Waals surface area contributed by atoms with Crippen LogP contribution in [0, 0.1) is 19.3 Å². The SMILES string of the molecule is C=CCc1c(OCC(C)(C)C(=O)N2CCCC2)nn(C(=O)OC(C)(C)C)c1-c1cc(C)cc(C)c1. The maximum atomic E-state index is 13.2. The number of aromatic nitrogens is 2. The van der Waals surface area contributed by atoms with Crippen molar-refractivity contribution in [1.82, 2.24) is 14.7 Å². The lowest BCUT2D eigenvalue weighted by molar-refractivity contribution is -0.140. The molecule has 2 heterocycles. The Hall–Kier alpha value is -3.09. The summed E-state index contributed by atoms with van der Waals surface area (Å²) in [5.74, 6) is 0.383. The van der Waals surface area contributed by atoms with Crippen LogP contribution in [-0.4, -0.2) is 52.0 Å². The molecule has 0 N–H and O–H groups in total. The molecule has 2 aromatic rings. The van der Waals surface area contributed by atoms with Crippen LogP contribution < -0.4 is 4.74 Å². The van der Waals surface area contributed by atoms with Crippen molar-refractivity contribution in [1.29, 1.82) is 0 Å². The number of hydrogen-bond acceptors (Lipinski definition) is 5. The molecule has 1 saturated heterocycles. The van der Waals surface area contributed by atoms with Gasteiger partial charge in [0, 0.05) is 24.2 Å². The first-order valence-electron chi connectivity index (χ1n) is 12.3. The van der Waals surface area contributed by atoms with Crippen molar-refractivity contribution in [3.05, 3.63) is 47.5 Å². The lowest BCUT2D eigenvalue weighted by atomic mass is 9.93. The van der Waals surface area contributed by atoms with Gasteiger partial charge in [0.15, 0.2) is 0 Å². The van der Waals surface area contributed by atoms with Gasteiger partial charge in [-0.25, -0.2) is 4.79 Å². The number of amides is 1. The Morgan fingerprint density at radius 3 is 2.20 bits per heavy atom. The summed E-state index contributed by atoms with van der Waals surface area (Å²) < 4.78 is 13.1. The van der Waals surface area contributed by atoms with Crippen LogP contribution in [0.4, 0.5) is 4.79 Å². The number of rotatable bonds is 7. The molecule has 1 fully saturated rings. The molecule has 1 aliphatic heterocycles. The van der Waals surface area contributed by atoms with Crippen molar-refractivity contribution < 1.29 is 19.1 Å². The molecule has 1 aromatic heterocycles. The van der Waals surface area contributed by atoms with E-state index in [-0.39, 0.29) is 12.5 Å². The number of benzene rings is 1. The Morgan fingerprint density at radius 1 is 1.06 bits per heavy atom. The van der Waals surface area contributed by atoms with Crippen LogP contribution in [0.1, 0.15) is 64.2 Å². The van der Waals surface area contributed by atoms with Crippen LogP contribution in [0.3, 0.4) is 0 Å². The van der Waals surface area contributed by atoms with E-state index in [1.54, 1.807) is 6.08 Å². The average Bonchev–Trinajstić information content (AvgIpc) is 3.38. The Balaban J connectivity index is 2.04. The Morgan fingerprint density at radius 2 is 1.66 bits per heavy atom. The molecular formula is C28H39N3O4. The van der Waals surface area contributed by atoms with E-state index in [1.807, 2.05) is 65.5 Å². The van der Waals surface area contributed by atoms with Crippen molar-refractivity contribution in [2.45, 2.75) is 73.3 Å². The topological polar surface area (TPSA) is 73.7 Å². The molecule has 0 bridgehead atoms. The lowest BCUT2D eigenvalue weighted by Crippen LogP contribution is -2.42. The van der Waals surface area contributed by atoms with Crippen molar-refractivity contribution in [2.75, 3.05) is 19.7 Å². The van der Waals surface area contributed by atoms with Gasteiger partial charge in [0.25, 0.3) is 0 Å². The molecule has 190 valence electrons. The third-order valence-electron chi connectivity index (χ3n) is 5.90. The Kier molecular flexibility index (Phi) is 7.77. The zero-order valence-electron chi connectivity index (χ0n) is 22.2. The highest BCUT2D eigenvalue weighted by atomic mass is 16.6. The number of carbonyl (C=O) groups excluding carboxylic acids is 2. The third kappa shape index (κ3) is 6.32. The fourth-order valence-corrected chi connectivity index (χ4v) is 4.38. The standard InChI is InChI=1S/C28H39N3O4/c1-9-12-22-23(21-16-19(2)15-20(3)17-21)31(26(33)35-27(4,5)6)29-24(22)34-18-28(7,8)25(32)30-13-10-11-14-30/h9,15-17H,1,10-14,18H2,2-8H3. The van der Waals surface area contributed by atoms with Gasteiger partial charge in [0.05, 0.1) is 11.1 Å². The van der Waals surface area contributed by atoms with Crippen LogP contribution >= 0.6 is 0 Å². The van der Waals surface area contributed by atoms with Gasteiger partial charge in [-0.05, 0) is 79.9 Å². The molecule has 0 saturated carbocycles. The molecule has 0 spiro atoms. The second kappa shape index (κ2) is 10.3. The van der Waals surface area contributed by atoms with Gasteiger partial charge < -0.3 is 14.4 Å². The fraction of sp³-hybridized carbons (Fsp3) is 0.536. The highest BCUT2D eigenvalue weighted by Gasteiger charge is 2.35. The second-order valence-corrected chi connectivity index (χ2v) is 11.1. The summed E-state index contributed by atoms with van der Waals surface area (Å²) >= 11 is 0. The van der Waals surface area contributed by atoms with Crippen LogP contribution in [0.2, 0.25) is 0 Å². The largest absolute Gasteiger partial charge is 0.475 e. The zero-order chi connectivity index (χ0) is 26.0. The molecule has 0 aliphatic carbocycles. The maximum Gasteiger partial charge on any atom is 0.435 e. The van der Waals surface area contributed by atoms with Gasteiger partial charge >= 0.3 is 6.09 Å². The number of nitrogens with zero attached hydrogens (tertiary/aromatic N) is 3. The predicted molar refractivity (Wildman–Crippen MR) is 138 cm³/mol. The fourth-order valence-electron chi connectivity index (χ4n) is 4.38. The molecule has 35 heavy (non-hydrogen) atoms. The van der Waals surface area contributed by atoms with Crippen LogP contribution in [0.25, 0.3) is 11.3 Å². The van der Waals surface area contributed by atoms with Gasteiger partial charge in [0.2, 0.25) is 11.8 Å². The molecule has 0 radical (unpaired) electrons. The van der Waals surface area contributed by atoms with E-state index in [1.165, 1.54) is 4.68 Å². The summed E-state index contributed by atoms with van der Waals surface area (Å²) in [6, 6.07) is 6.11. The molecule has 1 aromatic carbocycles. The number of carbonyl (C=O) groups is 2. The van der Waals surface area contributed by atoms with Crippen molar-refractivity contribution >= 4 is 12.0 Å². The van der Waals surface area contributed by atoms with Crippen molar-refractivity contribution in [3.63, 3.8) is 0 Å². The summed E-state index contributed by atoms with van der Waals surface area (Å²) in [5, 5.41) is 4.56. The van der Waals surface area contributed by atoms with Crippen molar-refractivity contribution in [3.8, 4) is 17.1 Å². The van der Waals surface area contributed by atoms with Gasteiger partial charge in [-0.15, -0.1) is 11.7 Å². The van der Waals surface area contributed by atoms with E-state index in [4.69, 9.17) is 9.47 Å². The summed E-state index contributed by atoms with van der Waals surface area (Å²) in [4.78, 5) is 28.2. The van der Waals surface area contributed by atoms with E-state index in [9.17, 15) is 9.59 Å². The molecule has 7 nitrogen and oxygen atoms in total. The van der Waals surface area contributed by atoms with E-state index in [0.717, 1.165) is 48.2 Å². The minimum atomic E-state index is -0.731. The number of likely N-dealkylation sites (tertiary alicyclic amines) is 1. The Bertz CT molecular complexity index is 1080. The van der Waals surface area contributed by atoms with Gasteiger partial charge in [-0.2, -0.15) is 4.68 Å². The molecule has 7 heteroatoms. The summed E-state index contributed by atoms with van der Waals surface area (Å²) in [6.45, 7) is 18.9. The van der Waals surface area contributed by atoms with E-state index in [2.05, 4.69) is 17.7 Å². The Labute approximate surface area is 209 Å². The minimum absolute atomic E-state index is 0.0707.